The Kier molecular flexibility index (Phi) is 2.51. The molecule has 1 heterocycles. The van der Waals surface area contributed by atoms with Crippen molar-refractivity contribution in [3.8, 4) is 0 Å². The maximum Gasteiger partial charge on any atom is 0.337 e. The van der Waals surface area contributed by atoms with E-state index in [-0.39, 0.29) is 11.3 Å². The molecule has 0 bridgehead atoms. The second kappa shape index (κ2) is 3.43. The molecule has 0 aromatic rings. The van der Waals surface area contributed by atoms with Crippen molar-refractivity contribution in [2.75, 3.05) is 6.54 Å². The van der Waals surface area contributed by atoms with Crippen molar-refractivity contribution in [1.82, 2.24) is 4.90 Å². The minimum Gasteiger partial charge on any atom is -0.478 e. The molecule has 0 saturated carbocycles. The molecule has 0 fully saturated rings. The Morgan fingerprint density at radius 2 is 2.38 bits per heavy atom. The summed E-state index contributed by atoms with van der Waals surface area (Å²) in [5, 5.41) is 8.62. The lowest BCUT2D eigenvalue weighted by atomic mass is 10.1. The van der Waals surface area contributed by atoms with E-state index in [9.17, 15) is 9.18 Å². The summed E-state index contributed by atoms with van der Waals surface area (Å²) in [6.07, 6.45) is 2.34. The third-order valence-electron chi connectivity index (χ3n) is 1.79. The Hall–Kier alpha value is -1.58. The maximum atomic E-state index is 13.0. The summed E-state index contributed by atoms with van der Waals surface area (Å²) in [4.78, 5) is 12.0. The molecule has 0 spiro atoms. The topological polar surface area (TPSA) is 40.5 Å². The van der Waals surface area contributed by atoms with Crippen LogP contribution in [0.25, 0.3) is 0 Å². The van der Waals surface area contributed by atoms with Crippen LogP contribution in [0, 0.1) is 0 Å². The SMILES string of the molecule is C=C1C(F)=CC(C(=O)O)=CN1CC. The van der Waals surface area contributed by atoms with Crippen molar-refractivity contribution in [2.45, 2.75) is 6.92 Å². The summed E-state index contributed by atoms with van der Waals surface area (Å²) in [6.45, 7) is 5.77. The molecule has 0 radical (unpaired) electrons. The fraction of sp³-hybridized carbons (Fsp3) is 0.222. The number of hydrogen-bond acceptors (Lipinski definition) is 2. The monoisotopic (exact) mass is 183 g/mol. The number of carboxylic acids is 1. The van der Waals surface area contributed by atoms with E-state index >= 15 is 0 Å². The van der Waals surface area contributed by atoms with Crippen LogP contribution < -0.4 is 0 Å². The highest BCUT2D eigenvalue weighted by atomic mass is 19.1. The molecule has 70 valence electrons. The lowest BCUT2D eigenvalue weighted by Crippen LogP contribution is -2.21. The van der Waals surface area contributed by atoms with Gasteiger partial charge in [-0.2, -0.15) is 0 Å². The van der Waals surface area contributed by atoms with E-state index in [0.29, 0.717) is 6.54 Å². The lowest BCUT2D eigenvalue weighted by molar-refractivity contribution is -0.132. The quantitative estimate of drug-likeness (QED) is 0.707. The second-order valence-corrected chi connectivity index (χ2v) is 2.61. The van der Waals surface area contributed by atoms with Crippen LogP contribution >= 0.6 is 0 Å². The molecule has 0 saturated heterocycles. The predicted molar refractivity (Wildman–Crippen MR) is 46.4 cm³/mol. The van der Waals surface area contributed by atoms with Gasteiger partial charge in [-0.15, -0.1) is 0 Å². The lowest BCUT2D eigenvalue weighted by Gasteiger charge is -2.23. The molecule has 0 aromatic carbocycles. The van der Waals surface area contributed by atoms with Crippen LogP contribution in [0.15, 0.2) is 36.0 Å². The molecule has 1 N–H and O–H groups in total. The van der Waals surface area contributed by atoms with Crippen LogP contribution in [0.4, 0.5) is 4.39 Å². The van der Waals surface area contributed by atoms with E-state index in [4.69, 9.17) is 5.11 Å². The molecule has 0 unspecified atom stereocenters. The van der Waals surface area contributed by atoms with Crippen molar-refractivity contribution in [2.24, 2.45) is 0 Å². The molecule has 1 aliphatic heterocycles. The second-order valence-electron chi connectivity index (χ2n) is 2.61. The largest absolute Gasteiger partial charge is 0.478 e. The number of carbonyl (C=O) groups is 1. The molecule has 4 heteroatoms. The van der Waals surface area contributed by atoms with Gasteiger partial charge in [-0.3, -0.25) is 0 Å². The molecule has 0 amide bonds. The smallest absolute Gasteiger partial charge is 0.337 e. The van der Waals surface area contributed by atoms with Gasteiger partial charge in [-0.1, -0.05) is 6.58 Å². The van der Waals surface area contributed by atoms with Gasteiger partial charge in [0.1, 0.15) is 5.83 Å². The highest BCUT2D eigenvalue weighted by Crippen LogP contribution is 2.23. The molecular weight excluding hydrogens is 173 g/mol. The van der Waals surface area contributed by atoms with Crippen LogP contribution in [0.1, 0.15) is 6.92 Å². The molecule has 0 atom stereocenters. The van der Waals surface area contributed by atoms with Crippen LogP contribution in [0.2, 0.25) is 0 Å². The maximum absolute atomic E-state index is 13.0. The van der Waals surface area contributed by atoms with Crippen molar-refractivity contribution in [1.29, 1.82) is 0 Å². The van der Waals surface area contributed by atoms with E-state index < -0.39 is 11.8 Å². The van der Waals surface area contributed by atoms with Gasteiger partial charge in [0, 0.05) is 12.7 Å². The first-order chi connectivity index (χ1) is 6.06. The highest BCUT2D eigenvalue weighted by Gasteiger charge is 2.18. The van der Waals surface area contributed by atoms with Crippen molar-refractivity contribution in [3.05, 3.63) is 36.0 Å². The zero-order valence-corrected chi connectivity index (χ0v) is 7.25. The molecule has 1 rings (SSSR count). The zero-order chi connectivity index (χ0) is 10.0. The average molecular weight is 183 g/mol. The molecule has 13 heavy (non-hydrogen) atoms. The summed E-state index contributed by atoms with van der Waals surface area (Å²) >= 11 is 0. The van der Waals surface area contributed by atoms with E-state index in [1.807, 2.05) is 0 Å². The van der Waals surface area contributed by atoms with E-state index in [1.54, 1.807) is 6.92 Å². The van der Waals surface area contributed by atoms with Crippen LogP contribution in [0.5, 0.6) is 0 Å². The first kappa shape index (κ1) is 9.51. The van der Waals surface area contributed by atoms with E-state index in [2.05, 4.69) is 6.58 Å². The number of allylic oxidation sites excluding steroid dienone is 1. The van der Waals surface area contributed by atoms with Crippen LogP contribution in [-0.2, 0) is 4.79 Å². The molecule has 3 nitrogen and oxygen atoms in total. The average Bonchev–Trinajstić information content (AvgIpc) is 2.09. The number of carboxylic acid groups (broad SMARTS) is 1. The van der Waals surface area contributed by atoms with Crippen molar-refractivity contribution >= 4 is 5.97 Å². The third kappa shape index (κ3) is 1.77. The normalized spacial score (nSPS) is 16.8. The summed E-state index contributed by atoms with van der Waals surface area (Å²) in [5.41, 5.74) is 0.138. The molecular formula is C9H10FNO2. The van der Waals surface area contributed by atoms with Gasteiger partial charge in [0.15, 0.2) is 0 Å². The summed E-state index contributed by atoms with van der Waals surface area (Å²) < 4.78 is 13.0. The number of aliphatic carboxylic acids is 1. The molecule has 0 aromatic heterocycles. The fourth-order valence-electron chi connectivity index (χ4n) is 1.04. The first-order valence-electron chi connectivity index (χ1n) is 3.84. The fourth-order valence-corrected chi connectivity index (χ4v) is 1.04. The summed E-state index contributed by atoms with van der Waals surface area (Å²) in [7, 11) is 0. The van der Waals surface area contributed by atoms with E-state index in [0.717, 1.165) is 6.08 Å². The Balaban J connectivity index is 3.02. The van der Waals surface area contributed by atoms with Gasteiger partial charge in [0.05, 0.1) is 11.3 Å². The van der Waals surface area contributed by atoms with Crippen LogP contribution in [0.3, 0.4) is 0 Å². The Morgan fingerprint density at radius 3 is 2.85 bits per heavy atom. The van der Waals surface area contributed by atoms with Gasteiger partial charge in [0.2, 0.25) is 0 Å². The Labute approximate surface area is 75.5 Å². The molecule has 1 aliphatic rings. The van der Waals surface area contributed by atoms with E-state index in [1.165, 1.54) is 11.1 Å². The standard InChI is InChI=1S/C9H10FNO2/c1-3-11-5-7(9(12)13)4-8(10)6(11)2/h4-5H,2-3H2,1H3,(H,12,13). The van der Waals surface area contributed by atoms with Gasteiger partial charge < -0.3 is 10.0 Å². The third-order valence-corrected chi connectivity index (χ3v) is 1.79. The summed E-state index contributed by atoms with van der Waals surface area (Å²) in [6, 6.07) is 0. The first-order valence-corrected chi connectivity index (χ1v) is 3.84. The van der Waals surface area contributed by atoms with Gasteiger partial charge in [-0.25, -0.2) is 9.18 Å². The minimum absolute atomic E-state index is 0.0632. The minimum atomic E-state index is -1.14. The predicted octanol–water partition coefficient (Wildman–Crippen LogP) is 1.66. The number of likely N-dealkylation sites (N-methyl/N-ethyl adjacent to an activating group) is 1. The van der Waals surface area contributed by atoms with Crippen LogP contribution in [-0.4, -0.2) is 22.5 Å². The zero-order valence-electron chi connectivity index (χ0n) is 7.25. The summed E-state index contributed by atoms with van der Waals surface area (Å²) in [5.74, 6) is -1.73. The van der Waals surface area contributed by atoms with Gasteiger partial charge in [-0.05, 0) is 13.0 Å². The van der Waals surface area contributed by atoms with Gasteiger partial charge in [0.25, 0.3) is 0 Å². The number of hydrogen-bond donors (Lipinski definition) is 1. The van der Waals surface area contributed by atoms with Crippen molar-refractivity contribution in [3.63, 3.8) is 0 Å². The highest BCUT2D eigenvalue weighted by molar-refractivity contribution is 5.90. The van der Waals surface area contributed by atoms with Crippen molar-refractivity contribution < 1.29 is 14.3 Å². The Morgan fingerprint density at radius 1 is 1.77 bits per heavy atom. The number of nitrogens with zero attached hydrogens (tertiary/aromatic N) is 1. The molecule has 0 aliphatic carbocycles. The Bertz CT molecular complexity index is 318. The number of halogens is 1. The number of rotatable bonds is 2. The van der Waals surface area contributed by atoms with Gasteiger partial charge >= 0.3 is 5.97 Å².